The maximum Gasteiger partial charge on any atom is 0.105 e. The fourth-order valence-corrected chi connectivity index (χ4v) is 0.548. The van der Waals surface area contributed by atoms with Crippen LogP contribution in [0.4, 0.5) is 4.39 Å². The van der Waals surface area contributed by atoms with Crippen LogP contribution in [0.5, 0.6) is 0 Å². The van der Waals surface area contributed by atoms with Gasteiger partial charge < -0.3 is 0 Å². The molecule has 0 saturated carbocycles. The van der Waals surface area contributed by atoms with Crippen LogP contribution >= 0.6 is 11.6 Å². The van der Waals surface area contributed by atoms with E-state index in [-0.39, 0.29) is 12.2 Å². The van der Waals surface area contributed by atoms with Gasteiger partial charge in [-0.05, 0) is 13.0 Å². The van der Waals surface area contributed by atoms with Gasteiger partial charge in [-0.3, -0.25) is 0 Å². The van der Waals surface area contributed by atoms with E-state index in [4.69, 9.17) is 11.6 Å². The summed E-state index contributed by atoms with van der Waals surface area (Å²) >= 11 is 5.51. The van der Waals surface area contributed by atoms with Gasteiger partial charge in [-0.1, -0.05) is 23.8 Å². The lowest BCUT2D eigenvalue weighted by molar-refractivity contribution is 0.618. The Kier molecular flexibility index (Phi) is 4.95. The summed E-state index contributed by atoms with van der Waals surface area (Å²) in [5.74, 6) is -0.266. The fourth-order valence-electron chi connectivity index (χ4n) is 0.430. The highest BCUT2D eigenvalue weighted by Crippen LogP contribution is 2.10. The van der Waals surface area contributed by atoms with Crippen molar-refractivity contribution in [2.24, 2.45) is 0 Å². The van der Waals surface area contributed by atoms with E-state index in [9.17, 15) is 4.39 Å². The molecule has 56 valence electrons. The van der Waals surface area contributed by atoms with Crippen LogP contribution in [0.3, 0.4) is 0 Å². The maximum absolute atomic E-state index is 12.5. The first-order valence-corrected chi connectivity index (χ1v) is 3.37. The summed E-state index contributed by atoms with van der Waals surface area (Å²) in [4.78, 5) is 0. The lowest BCUT2D eigenvalue weighted by Gasteiger charge is -1.88. The van der Waals surface area contributed by atoms with Gasteiger partial charge in [-0.25, -0.2) is 4.39 Å². The summed E-state index contributed by atoms with van der Waals surface area (Å²) in [6.45, 7) is 5.14. The van der Waals surface area contributed by atoms with Crippen molar-refractivity contribution in [3.63, 3.8) is 0 Å². The van der Waals surface area contributed by atoms with E-state index >= 15 is 0 Å². The maximum atomic E-state index is 12.5. The van der Waals surface area contributed by atoms with Gasteiger partial charge >= 0.3 is 0 Å². The van der Waals surface area contributed by atoms with Crippen LogP contribution in [0, 0.1) is 0 Å². The second-order valence-electron chi connectivity index (χ2n) is 1.76. The normalized spacial score (nSPS) is 13.5. The Morgan fingerprint density at radius 3 is 2.70 bits per heavy atom. The second-order valence-corrected chi connectivity index (χ2v) is 2.19. The zero-order valence-corrected chi connectivity index (χ0v) is 6.66. The number of rotatable bonds is 3. The zero-order valence-electron chi connectivity index (χ0n) is 5.90. The van der Waals surface area contributed by atoms with E-state index in [2.05, 4.69) is 6.58 Å². The standard InChI is InChI=1S/C8H10ClF/c1-3-5-8(10)6-7(9)4-2/h3-4,6H,1,5H2,2H3/b7-4+,8-6+. The number of hydrogen-bond donors (Lipinski definition) is 0. The third kappa shape index (κ3) is 4.33. The minimum atomic E-state index is -0.266. The Morgan fingerprint density at radius 2 is 2.30 bits per heavy atom. The van der Waals surface area contributed by atoms with Gasteiger partial charge in [0.15, 0.2) is 0 Å². The quantitative estimate of drug-likeness (QED) is 0.438. The smallest absolute Gasteiger partial charge is 0.105 e. The molecule has 0 radical (unpaired) electrons. The molecule has 0 heterocycles. The van der Waals surface area contributed by atoms with Crippen molar-refractivity contribution in [2.75, 3.05) is 0 Å². The molecule has 0 aromatic carbocycles. The first-order chi connectivity index (χ1) is 4.70. The molecule has 0 aliphatic rings. The van der Waals surface area contributed by atoms with E-state index < -0.39 is 0 Å². The van der Waals surface area contributed by atoms with Crippen LogP contribution in [-0.2, 0) is 0 Å². The molecule has 0 aliphatic carbocycles. The Balaban J connectivity index is 4.02. The molecule has 0 aliphatic heterocycles. The summed E-state index contributed by atoms with van der Waals surface area (Å²) in [5, 5.41) is 0.416. The minimum absolute atomic E-state index is 0.240. The Labute approximate surface area is 65.7 Å². The molecule has 0 fully saturated rings. The van der Waals surface area contributed by atoms with Crippen molar-refractivity contribution in [1.82, 2.24) is 0 Å². The second kappa shape index (κ2) is 5.24. The van der Waals surface area contributed by atoms with E-state index in [1.54, 1.807) is 13.0 Å². The van der Waals surface area contributed by atoms with Gasteiger partial charge in [0.25, 0.3) is 0 Å². The Morgan fingerprint density at radius 1 is 1.70 bits per heavy atom. The van der Waals surface area contributed by atoms with Crippen molar-refractivity contribution < 1.29 is 4.39 Å². The van der Waals surface area contributed by atoms with Gasteiger partial charge in [0, 0.05) is 11.5 Å². The van der Waals surface area contributed by atoms with Crippen molar-refractivity contribution in [3.05, 3.63) is 35.7 Å². The third-order valence-corrected chi connectivity index (χ3v) is 1.24. The highest BCUT2D eigenvalue weighted by molar-refractivity contribution is 6.31. The summed E-state index contributed by atoms with van der Waals surface area (Å²) in [6, 6.07) is 0. The molecule has 0 saturated heterocycles. The van der Waals surface area contributed by atoms with E-state index in [0.717, 1.165) is 0 Å². The molecule has 0 amide bonds. The van der Waals surface area contributed by atoms with Gasteiger partial charge in [0.1, 0.15) is 5.83 Å². The largest absolute Gasteiger partial charge is 0.211 e. The first-order valence-electron chi connectivity index (χ1n) is 2.99. The highest BCUT2D eigenvalue weighted by Gasteiger charge is 1.90. The Hall–Kier alpha value is -0.560. The lowest BCUT2D eigenvalue weighted by Crippen LogP contribution is -1.70. The number of hydrogen-bond acceptors (Lipinski definition) is 0. The highest BCUT2D eigenvalue weighted by atomic mass is 35.5. The Bertz CT molecular complexity index is 168. The average Bonchev–Trinajstić information content (AvgIpc) is 1.88. The molecule has 0 bridgehead atoms. The van der Waals surface area contributed by atoms with Crippen LogP contribution in [0.2, 0.25) is 0 Å². The first kappa shape index (κ1) is 9.44. The van der Waals surface area contributed by atoms with E-state index in [1.807, 2.05) is 0 Å². The van der Waals surface area contributed by atoms with Gasteiger partial charge in [-0.15, -0.1) is 6.58 Å². The van der Waals surface area contributed by atoms with Crippen LogP contribution in [0.25, 0.3) is 0 Å². The monoisotopic (exact) mass is 160 g/mol. The van der Waals surface area contributed by atoms with Crippen molar-refractivity contribution in [2.45, 2.75) is 13.3 Å². The predicted octanol–water partition coefficient (Wildman–Crippen LogP) is 3.56. The van der Waals surface area contributed by atoms with Crippen LogP contribution in [0.1, 0.15) is 13.3 Å². The van der Waals surface area contributed by atoms with E-state index in [0.29, 0.717) is 5.03 Å². The molecule has 0 unspecified atom stereocenters. The molecule has 0 atom stereocenters. The molecule has 2 heteroatoms. The molecule has 10 heavy (non-hydrogen) atoms. The lowest BCUT2D eigenvalue weighted by atomic mass is 10.3. The minimum Gasteiger partial charge on any atom is -0.211 e. The summed E-state index contributed by atoms with van der Waals surface area (Å²) in [5.41, 5.74) is 0. The fraction of sp³-hybridized carbons (Fsp3) is 0.250. The van der Waals surface area contributed by atoms with Crippen molar-refractivity contribution in [1.29, 1.82) is 0 Å². The van der Waals surface area contributed by atoms with E-state index in [1.165, 1.54) is 12.2 Å². The molecular weight excluding hydrogens is 151 g/mol. The molecular formula is C8H10ClF. The number of halogens is 2. The van der Waals surface area contributed by atoms with Crippen LogP contribution in [-0.4, -0.2) is 0 Å². The average molecular weight is 161 g/mol. The van der Waals surface area contributed by atoms with Gasteiger partial charge in [0.2, 0.25) is 0 Å². The summed E-state index contributed by atoms with van der Waals surface area (Å²) < 4.78 is 12.5. The topological polar surface area (TPSA) is 0 Å². The van der Waals surface area contributed by atoms with Gasteiger partial charge in [-0.2, -0.15) is 0 Å². The SMILES string of the molecule is C=CC/C(F)=C\C(Cl)=C/C. The summed E-state index contributed by atoms with van der Waals surface area (Å²) in [7, 11) is 0. The van der Waals surface area contributed by atoms with Crippen molar-refractivity contribution in [3.8, 4) is 0 Å². The third-order valence-electron chi connectivity index (χ3n) is 0.910. The molecule has 0 aromatic heterocycles. The number of allylic oxidation sites excluding steroid dienone is 5. The summed E-state index contributed by atoms with van der Waals surface area (Å²) in [6.07, 6.45) is 4.64. The zero-order chi connectivity index (χ0) is 7.98. The molecule has 0 aromatic rings. The molecule has 0 rings (SSSR count). The molecule has 0 N–H and O–H groups in total. The molecule has 0 nitrogen and oxygen atoms in total. The van der Waals surface area contributed by atoms with Gasteiger partial charge in [0.05, 0.1) is 0 Å². The van der Waals surface area contributed by atoms with Crippen LogP contribution < -0.4 is 0 Å². The van der Waals surface area contributed by atoms with Crippen molar-refractivity contribution >= 4 is 11.6 Å². The molecule has 0 spiro atoms. The van der Waals surface area contributed by atoms with Crippen LogP contribution in [0.15, 0.2) is 35.7 Å². The predicted molar refractivity (Wildman–Crippen MR) is 43.6 cm³/mol.